The van der Waals surface area contributed by atoms with Gasteiger partial charge in [-0.1, -0.05) is 17.7 Å². The van der Waals surface area contributed by atoms with Gasteiger partial charge in [0, 0.05) is 5.02 Å². The number of carboxylic acid groups (broad SMARTS) is 1. The molecule has 0 aliphatic carbocycles. The molecule has 0 fully saturated rings. The summed E-state index contributed by atoms with van der Waals surface area (Å²) in [7, 11) is -3.95. The average Bonchev–Trinajstić information content (AvgIpc) is 2.62. The van der Waals surface area contributed by atoms with Gasteiger partial charge in [0.2, 0.25) is 0 Å². The van der Waals surface area contributed by atoms with Crippen LogP contribution in [-0.2, 0) is 14.8 Å². The lowest BCUT2D eigenvalue weighted by molar-refractivity contribution is -0.132. The van der Waals surface area contributed by atoms with E-state index in [4.69, 9.17) is 21.4 Å². The Morgan fingerprint density at radius 2 is 2.16 bits per heavy atom. The lowest BCUT2D eigenvalue weighted by Gasteiger charge is -2.07. The molecule has 0 unspecified atom stereocenters. The van der Waals surface area contributed by atoms with E-state index in [0.29, 0.717) is 10.8 Å². The number of hydrogen-bond donors (Lipinski definition) is 1. The quantitative estimate of drug-likeness (QED) is 0.909. The van der Waals surface area contributed by atoms with Crippen LogP contribution in [0.25, 0.3) is 0 Å². The van der Waals surface area contributed by atoms with Gasteiger partial charge in [0.1, 0.15) is 17.3 Å². The SMILES string of the molecule is O=C(O)C1=C(COc2cccc(Cl)c2)S(=O)(=O)N=C1. The van der Waals surface area contributed by atoms with Crippen LogP contribution in [0.1, 0.15) is 0 Å². The number of carbonyl (C=O) groups is 1. The third kappa shape index (κ3) is 2.94. The number of ether oxygens (including phenoxy) is 1. The van der Waals surface area contributed by atoms with Crippen LogP contribution in [0.4, 0.5) is 0 Å². The predicted molar refractivity (Wildman–Crippen MR) is 69.0 cm³/mol. The molecule has 8 heteroatoms. The van der Waals surface area contributed by atoms with Crippen molar-refractivity contribution >= 4 is 33.8 Å². The standard InChI is InChI=1S/C11H8ClNO5S/c12-7-2-1-3-8(4-7)18-6-10-9(11(14)15)5-13-19(10,16)17/h1-5H,6H2,(H,14,15). The minimum atomic E-state index is -3.95. The Labute approximate surface area is 114 Å². The number of halogens is 1. The van der Waals surface area contributed by atoms with Gasteiger partial charge in [0.15, 0.2) is 0 Å². The molecule has 0 bridgehead atoms. The van der Waals surface area contributed by atoms with E-state index in [1.807, 2.05) is 0 Å². The molecule has 100 valence electrons. The largest absolute Gasteiger partial charge is 0.488 e. The van der Waals surface area contributed by atoms with Crippen molar-refractivity contribution in [1.29, 1.82) is 0 Å². The minimum absolute atomic E-state index is 0.340. The molecule has 0 radical (unpaired) electrons. The third-order valence-corrected chi connectivity index (χ3v) is 3.91. The fourth-order valence-corrected chi connectivity index (χ4v) is 2.61. The number of nitrogens with zero attached hydrogens (tertiary/aromatic N) is 1. The first-order valence-electron chi connectivity index (χ1n) is 5.05. The van der Waals surface area contributed by atoms with Crippen molar-refractivity contribution in [3.8, 4) is 5.75 Å². The highest BCUT2D eigenvalue weighted by atomic mass is 35.5. The van der Waals surface area contributed by atoms with E-state index in [1.165, 1.54) is 6.07 Å². The smallest absolute Gasteiger partial charge is 0.338 e. The lowest BCUT2D eigenvalue weighted by Crippen LogP contribution is -2.12. The van der Waals surface area contributed by atoms with Crippen LogP contribution in [0.2, 0.25) is 5.02 Å². The molecule has 1 aliphatic rings. The zero-order valence-corrected chi connectivity index (χ0v) is 11.0. The average molecular weight is 302 g/mol. The van der Waals surface area contributed by atoms with E-state index in [-0.39, 0.29) is 10.5 Å². The number of rotatable bonds is 4. The van der Waals surface area contributed by atoms with Crippen LogP contribution in [0.3, 0.4) is 0 Å². The van der Waals surface area contributed by atoms with Gasteiger partial charge >= 0.3 is 5.97 Å². The van der Waals surface area contributed by atoms with Crippen LogP contribution >= 0.6 is 11.6 Å². The molecule has 1 aromatic rings. The fourth-order valence-electron chi connectivity index (χ4n) is 1.43. The van der Waals surface area contributed by atoms with Crippen molar-refractivity contribution in [2.24, 2.45) is 4.40 Å². The molecule has 2 rings (SSSR count). The van der Waals surface area contributed by atoms with Crippen LogP contribution in [0, 0.1) is 0 Å². The maximum atomic E-state index is 11.5. The van der Waals surface area contributed by atoms with Crippen LogP contribution in [-0.4, -0.2) is 32.3 Å². The van der Waals surface area contributed by atoms with Gasteiger partial charge in [-0.3, -0.25) is 0 Å². The van der Waals surface area contributed by atoms with Crippen LogP contribution in [0.15, 0.2) is 39.1 Å². The van der Waals surface area contributed by atoms with E-state index >= 15 is 0 Å². The molecule has 1 aromatic carbocycles. The molecule has 0 amide bonds. The van der Waals surface area contributed by atoms with Crippen molar-refractivity contribution < 1.29 is 23.1 Å². The first kappa shape index (κ1) is 13.6. The fraction of sp³-hybridized carbons (Fsp3) is 0.0909. The molecule has 0 saturated carbocycles. The molecule has 0 atom stereocenters. The minimum Gasteiger partial charge on any atom is -0.488 e. The van der Waals surface area contributed by atoms with Gasteiger partial charge in [-0.2, -0.15) is 12.8 Å². The monoisotopic (exact) mass is 301 g/mol. The molecule has 0 spiro atoms. The molecular weight excluding hydrogens is 294 g/mol. The molecule has 1 heterocycles. The van der Waals surface area contributed by atoms with Gasteiger partial charge in [0.25, 0.3) is 10.0 Å². The van der Waals surface area contributed by atoms with E-state index in [0.717, 1.165) is 6.21 Å². The summed E-state index contributed by atoms with van der Waals surface area (Å²) >= 11 is 5.75. The Kier molecular flexibility index (Phi) is 3.59. The third-order valence-electron chi connectivity index (χ3n) is 2.33. The summed E-state index contributed by atoms with van der Waals surface area (Å²) in [5.41, 5.74) is -0.387. The Morgan fingerprint density at radius 3 is 2.79 bits per heavy atom. The summed E-state index contributed by atoms with van der Waals surface area (Å²) in [4.78, 5) is 10.5. The van der Waals surface area contributed by atoms with E-state index in [9.17, 15) is 13.2 Å². The number of hydrogen-bond acceptors (Lipinski definition) is 4. The predicted octanol–water partition coefficient (Wildman–Crippen LogP) is 1.47. The van der Waals surface area contributed by atoms with Crippen molar-refractivity contribution in [2.75, 3.05) is 6.61 Å². The van der Waals surface area contributed by atoms with Crippen molar-refractivity contribution in [3.05, 3.63) is 39.8 Å². The summed E-state index contributed by atoms with van der Waals surface area (Å²) in [5.74, 6) is -1.03. The van der Waals surface area contributed by atoms with Crippen molar-refractivity contribution in [3.63, 3.8) is 0 Å². The van der Waals surface area contributed by atoms with E-state index < -0.39 is 22.6 Å². The van der Waals surface area contributed by atoms with E-state index in [2.05, 4.69) is 4.40 Å². The first-order chi connectivity index (χ1) is 8.90. The van der Waals surface area contributed by atoms with Gasteiger partial charge in [0.05, 0.1) is 11.8 Å². The van der Waals surface area contributed by atoms with Crippen molar-refractivity contribution in [1.82, 2.24) is 0 Å². The van der Waals surface area contributed by atoms with Gasteiger partial charge in [-0.25, -0.2) is 4.79 Å². The summed E-state index contributed by atoms with van der Waals surface area (Å²) in [6, 6.07) is 6.33. The second-order valence-corrected chi connectivity index (χ2v) is 5.69. The molecule has 6 nitrogen and oxygen atoms in total. The highest BCUT2D eigenvalue weighted by Gasteiger charge is 2.30. The molecule has 19 heavy (non-hydrogen) atoms. The Hall–Kier alpha value is -1.86. The number of sulfonamides is 1. The lowest BCUT2D eigenvalue weighted by atomic mass is 10.3. The Bertz CT molecular complexity index is 693. The van der Waals surface area contributed by atoms with E-state index in [1.54, 1.807) is 18.2 Å². The topological polar surface area (TPSA) is 93.0 Å². The molecule has 1 aliphatic heterocycles. The molecule has 1 N–H and O–H groups in total. The zero-order chi connectivity index (χ0) is 14.0. The highest BCUT2D eigenvalue weighted by Crippen LogP contribution is 2.23. The summed E-state index contributed by atoms with van der Waals surface area (Å²) in [6.45, 7) is -0.412. The maximum absolute atomic E-state index is 11.5. The molecule has 0 saturated heterocycles. The summed E-state index contributed by atoms with van der Waals surface area (Å²) in [6.07, 6.45) is 0.800. The Morgan fingerprint density at radius 1 is 1.42 bits per heavy atom. The second kappa shape index (κ2) is 5.02. The van der Waals surface area contributed by atoms with Gasteiger partial charge < -0.3 is 9.84 Å². The van der Waals surface area contributed by atoms with Gasteiger partial charge in [-0.05, 0) is 18.2 Å². The Balaban J connectivity index is 2.23. The first-order valence-corrected chi connectivity index (χ1v) is 6.87. The van der Waals surface area contributed by atoms with Crippen LogP contribution < -0.4 is 4.74 Å². The normalized spacial score (nSPS) is 16.7. The number of aliphatic carboxylic acids is 1. The summed E-state index contributed by atoms with van der Waals surface area (Å²) < 4.78 is 31.5. The van der Waals surface area contributed by atoms with Gasteiger partial charge in [-0.15, -0.1) is 0 Å². The zero-order valence-electron chi connectivity index (χ0n) is 9.41. The maximum Gasteiger partial charge on any atom is 0.338 e. The molecular formula is C11H8ClNO5S. The highest BCUT2D eigenvalue weighted by molar-refractivity contribution is 7.94. The van der Waals surface area contributed by atoms with Crippen LogP contribution in [0.5, 0.6) is 5.75 Å². The van der Waals surface area contributed by atoms with Crippen molar-refractivity contribution in [2.45, 2.75) is 0 Å². The summed E-state index contributed by atoms with van der Waals surface area (Å²) in [5, 5.41) is 9.29. The number of benzene rings is 1. The number of carboxylic acids is 1. The second-order valence-electron chi connectivity index (χ2n) is 3.60. The molecule has 0 aromatic heterocycles.